The maximum Gasteiger partial charge on any atom is 0.312 e. The van der Waals surface area contributed by atoms with Gasteiger partial charge in [-0.3, -0.25) is 9.59 Å². The maximum atomic E-state index is 12.9. The third-order valence-electron chi connectivity index (χ3n) is 4.95. The number of amides is 1. The summed E-state index contributed by atoms with van der Waals surface area (Å²) in [4.78, 5) is 27.0. The summed E-state index contributed by atoms with van der Waals surface area (Å²) in [5, 5.41) is 0. The molecule has 3 heterocycles. The average Bonchev–Trinajstić information content (AvgIpc) is 3.17. The molecule has 4 rings (SSSR count). The quantitative estimate of drug-likeness (QED) is 0.625. The highest BCUT2D eigenvalue weighted by Gasteiger charge is 2.67. The van der Waals surface area contributed by atoms with E-state index in [1.54, 1.807) is 11.8 Å². The first kappa shape index (κ1) is 14.5. The lowest BCUT2D eigenvalue weighted by atomic mass is 9.77. The van der Waals surface area contributed by atoms with Gasteiger partial charge >= 0.3 is 5.97 Å². The Morgan fingerprint density at radius 3 is 2.91 bits per heavy atom. The standard InChI is InChI=1S/C18H19NO4/c1-2-22-17(21)14-13-8-9-18(23-13)11-19(16(20)15(14)18)10-12-6-4-3-5-7-12/h3-9,13-15H,2,10-11H2,1H3/t13-,14?,15-,18?/m1/s1. The third kappa shape index (κ3) is 2.10. The topological polar surface area (TPSA) is 55.8 Å². The zero-order chi connectivity index (χ0) is 16.0. The second-order valence-corrected chi connectivity index (χ2v) is 6.33. The lowest BCUT2D eigenvalue weighted by Crippen LogP contribution is -2.39. The summed E-state index contributed by atoms with van der Waals surface area (Å²) in [6.07, 6.45) is 3.53. The summed E-state index contributed by atoms with van der Waals surface area (Å²) < 4.78 is 11.2. The number of hydrogen-bond donors (Lipinski definition) is 0. The van der Waals surface area contributed by atoms with Crippen molar-refractivity contribution in [1.29, 1.82) is 0 Å². The molecule has 4 atom stereocenters. The lowest BCUT2D eigenvalue weighted by molar-refractivity contribution is -0.153. The second-order valence-electron chi connectivity index (χ2n) is 6.33. The van der Waals surface area contributed by atoms with Crippen LogP contribution in [0, 0.1) is 11.8 Å². The predicted octanol–water partition coefficient (Wildman–Crippen LogP) is 1.53. The summed E-state index contributed by atoms with van der Waals surface area (Å²) in [5.74, 6) is -1.32. The molecule has 1 amide bonds. The zero-order valence-electron chi connectivity index (χ0n) is 13.0. The van der Waals surface area contributed by atoms with Crippen LogP contribution in [-0.2, 0) is 25.6 Å². The molecule has 2 saturated heterocycles. The van der Waals surface area contributed by atoms with Gasteiger partial charge in [-0.15, -0.1) is 0 Å². The van der Waals surface area contributed by atoms with E-state index in [1.165, 1.54) is 0 Å². The van der Waals surface area contributed by atoms with Gasteiger partial charge in [-0.2, -0.15) is 0 Å². The smallest absolute Gasteiger partial charge is 0.312 e. The van der Waals surface area contributed by atoms with Gasteiger partial charge in [0.05, 0.1) is 25.2 Å². The minimum Gasteiger partial charge on any atom is -0.466 e. The molecule has 0 saturated carbocycles. The molecule has 2 bridgehead atoms. The second kappa shape index (κ2) is 5.20. The van der Waals surface area contributed by atoms with E-state index in [0.29, 0.717) is 19.7 Å². The van der Waals surface area contributed by atoms with Crippen molar-refractivity contribution in [3.8, 4) is 0 Å². The number of nitrogens with zero attached hydrogens (tertiary/aromatic N) is 1. The Morgan fingerprint density at radius 2 is 2.17 bits per heavy atom. The molecule has 5 nitrogen and oxygen atoms in total. The normalized spacial score (nSPS) is 34.0. The Hall–Kier alpha value is -2.14. The lowest BCUT2D eigenvalue weighted by Gasteiger charge is -2.22. The first-order chi connectivity index (χ1) is 11.1. The highest BCUT2D eigenvalue weighted by atomic mass is 16.6. The number of esters is 1. The monoisotopic (exact) mass is 313 g/mol. The van der Waals surface area contributed by atoms with Crippen LogP contribution in [0.3, 0.4) is 0 Å². The van der Waals surface area contributed by atoms with E-state index in [0.717, 1.165) is 5.56 Å². The fraction of sp³-hybridized carbons (Fsp3) is 0.444. The molecule has 3 aliphatic heterocycles. The van der Waals surface area contributed by atoms with Gasteiger partial charge in [0.15, 0.2) is 0 Å². The van der Waals surface area contributed by atoms with Gasteiger partial charge in [-0.1, -0.05) is 42.5 Å². The van der Waals surface area contributed by atoms with Crippen molar-refractivity contribution < 1.29 is 19.1 Å². The van der Waals surface area contributed by atoms with Crippen molar-refractivity contribution in [1.82, 2.24) is 4.90 Å². The van der Waals surface area contributed by atoms with Gasteiger partial charge in [0.1, 0.15) is 11.5 Å². The molecule has 0 aromatic heterocycles. The van der Waals surface area contributed by atoms with Crippen molar-refractivity contribution >= 4 is 11.9 Å². The van der Waals surface area contributed by atoms with E-state index in [-0.39, 0.29) is 18.0 Å². The van der Waals surface area contributed by atoms with Gasteiger partial charge in [-0.25, -0.2) is 0 Å². The molecule has 1 aromatic rings. The highest BCUT2D eigenvalue weighted by molar-refractivity contribution is 5.91. The van der Waals surface area contributed by atoms with Crippen molar-refractivity contribution in [2.24, 2.45) is 11.8 Å². The molecule has 0 N–H and O–H groups in total. The minimum absolute atomic E-state index is 0.0150. The summed E-state index contributed by atoms with van der Waals surface area (Å²) in [5.41, 5.74) is 0.414. The number of ether oxygens (including phenoxy) is 2. The molecule has 2 unspecified atom stereocenters. The van der Waals surface area contributed by atoms with E-state index in [9.17, 15) is 9.59 Å². The van der Waals surface area contributed by atoms with E-state index in [1.807, 2.05) is 42.5 Å². The minimum atomic E-state index is -0.659. The number of carbonyl (C=O) groups excluding carboxylic acids is 2. The summed E-state index contributed by atoms with van der Waals surface area (Å²) in [6.45, 7) is 3.12. The zero-order valence-corrected chi connectivity index (χ0v) is 13.0. The molecule has 5 heteroatoms. The van der Waals surface area contributed by atoms with Crippen LogP contribution in [0.2, 0.25) is 0 Å². The van der Waals surface area contributed by atoms with Gasteiger partial charge in [0.25, 0.3) is 0 Å². The van der Waals surface area contributed by atoms with Crippen LogP contribution < -0.4 is 0 Å². The Labute approximate surface area is 134 Å². The molecular formula is C18H19NO4. The van der Waals surface area contributed by atoms with Crippen LogP contribution >= 0.6 is 0 Å². The van der Waals surface area contributed by atoms with E-state index in [2.05, 4.69) is 0 Å². The first-order valence-corrected chi connectivity index (χ1v) is 8.01. The summed E-state index contributed by atoms with van der Waals surface area (Å²) in [6, 6.07) is 9.86. The molecule has 0 radical (unpaired) electrons. The van der Waals surface area contributed by atoms with Gasteiger partial charge in [0.2, 0.25) is 5.91 Å². The largest absolute Gasteiger partial charge is 0.466 e. The fourth-order valence-electron chi connectivity index (χ4n) is 4.02. The molecule has 2 fully saturated rings. The number of likely N-dealkylation sites (tertiary alicyclic amines) is 1. The van der Waals surface area contributed by atoms with E-state index in [4.69, 9.17) is 9.47 Å². The molecule has 120 valence electrons. The van der Waals surface area contributed by atoms with Gasteiger partial charge in [0, 0.05) is 6.54 Å². The van der Waals surface area contributed by atoms with Crippen molar-refractivity contribution in [3.63, 3.8) is 0 Å². The number of fused-ring (bicyclic) bond motifs is 1. The van der Waals surface area contributed by atoms with Gasteiger partial charge in [-0.05, 0) is 12.5 Å². The average molecular weight is 313 g/mol. The molecule has 0 aliphatic carbocycles. The van der Waals surface area contributed by atoms with Crippen LogP contribution in [-0.4, -0.2) is 41.6 Å². The molecule has 1 spiro atoms. The SMILES string of the molecule is CCOC(=O)C1[C@H]2C=CC3(CN(Cc4ccccc4)C(=O)[C@@H]13)O2. The number of hydrogen-bond acceptors (Lipinski definition) is 4. The van der Waals surface area contributed by atoms with Gasteiger partial charge < -0.3 is 14.4 Å². The Morgan fingerprint density at radius 1 is 1.39 bits per heavy atom. The number of benzene rings is 1. The number of rotatable bonds is 4. The Balaban J connectivity index is 1.60. The van der Waals surface area contributed by atoms with Crippen LogP contribution in [0.5, 0.6) is 0 Å². The van der Waals surface area contributed by atoms with Crippen LogP contribution in [0.25, 0.3) is 0 Å². The maximum absolute atomic E-state index is 12.9. The van der Waals surface area contributed by atoms with E-state index >= 15 is 0 Å². The third-order valence-corrected chi connectivity index (χ3v) is 4.95. The highest BCUT2D eigenvalue weighted by Crippen LogP contribution is 2.52. The number of carbonyl (C=O) groups is 2. The fourth-order valence-corrected chi connectivity index (χ4v) is 4.02. The Kier molecular flexibility index (Phi) is 3.27. The van der Waals surface area contributed by atoms with Crippen LogP contribution in [0.15, 0.2) is 42.5 Å². The first-order valence-electron chi connectivity index (χ1n) is 8.01. The van der Waals surface area contributed by atoms with Crippen molar-refractivity contribution in [2.75, 3.05) is 13.2 Å². The Bertz CT molecular complexity index is 671. The molecule has 3 aliphatic rings. The van der Waals surface area contributed by atoms with Crippen LogP contribution in [0.4, 0.5) is 0 Å². The van der Waals surface area contributed by atoms with Crippen molar-refractivity contribution in [2.45, 2.75) is 25.2 Å². The predicted molar refractivity (Wildman–Crippen MR) is 82.2 cm³/mol. The summed E-state index contributed by atoms with van der Waals surface area (Å²) in [7, 11) is 0. The molecule has 23 heavy (non-hydrogen) atoms. The van der Waals surface area contributed by atoms with Crippen molar-refractivity contribution in [3.05, 3.63) is 48.0 Å². The summed E-state index contributed by atoms with van der Waals surface area (Å²) >= 11 is 0. The molecule has 1 aromatic carbocycles. The molecular weight excluding hydrogens is 294 g/mol. The van der Waals surface area contributed by atoms with E-state index < -0.39 is 17.4 Å². The van der Waals surface area contributed by atoms with Crippen LogP contribution in [0.1, 0.15) is 12.5 Å².